The molecule has 218 valence electrons. The molecule has 2 heterocycles. The Hall–Kier alpha value is -3.51. The van der Waals surface area contributed by atoms with Gasteiger partial charge in [-0.15, -0.1) is 11.3 Å². The number of ketones is 1. The summed E-state index contributed by atoms with van der Waals surface area (Å²) in [6.07, 6.45) is 0.756. The van der Waals surface area contributed by atoms with Crippen molar-refractivity contribution in [1.29, 1.82) is 0 Å². The van der Waals surface area contributed by atoms with Gasteiger partial charge in [0, 0.05) is 43.5 Å². The summed E-state index contributed by atoms with van der Waals surface area (Å²) in [5.74, 6) is -1.49. The maximum absolute atomic E-state index is 14.7. The van der Waals surface area contributed by atoms with E-state index in [4.69, 9.17) is 4.74 Å². The van der Waals surface area contributed by atoms with E-state index in [1.807, 2.05) is 43.1 Å². The van der Waals surface area contributed by atoms with Gasteiger partial charge in [-0.3, -0.25) is 23.6 Å². The van der Waals surface area contributed by atoms with Crippen LogP contribution >= 0.6 is 11.3 Å². The van der Waals surface area contributed by atoms with Crippen LogP contribution in [0.15, 0.2) is 52.1 Å². The van der Waals surface area contributed by atoms with Gasteiger partial charge in [-0.2, -0.15) is 0 Å². The van der Waals surface area contributed by atoms with E-state index in [9.17, 15) is 28.3 Å². The standard InChI is InChI=1S/C30H33F2N3O5S/c1-4-21(37)16-19-8-10-20(11-9-19)27-23(17-33(2)13-15-40-3)26-28(38)34(12-14-36)30(39)35(29(26)41-27)18-22-24(31)6-5-7-25(22)32/h5-11,36H,4,12-18H2,1-3H3. The summed E-state index contributed by atoms with van der Waals surface area (Å²) in [6.45, 7) is 2.00. The summed E-state index contributed by atoms with van der Waals surface area (Å²) in [7, 11) is 3.47. The smallest absolute Gasteiger partial charge is 0.332 e. The van der Waals surface area contributed by atoms with Gasteiger partial charge in [0.25, 0.3) is 5.56 Å². The van der Waals surface area contributed by atoms with Crippen molar-refractivity contribution in [3.05, 3.63) is 91.6 Å². The number of carbonyl (C=O) groups is 1. The highest BCUT2D eigenvalue weighted by Crippen LogP contribution is 2.38. The number of carbonyl (C=O) groups excluding carboxylic acids is 1. The SMILES string of the molecule is CCC(=O)Cc1ccc(-c2sc3c(c2CN(C)CCOC)c(=O)n(CCO)c(=O)n3Cc2c(F)cccc2F)cc1. The normalized spacial score (nSPS) is 11.6. The van der Waals surface area contributed by atoms with Crippen LogP contribution in [0, 0.1) is 11.6 Å². The highest BCUT2D eigenvalue weighted by Gasteiger charge is 2.25. The van der Waals surface area contributed by atoms with Crippen LogP contribution in [0.25, 0.3) is 20.7 Å². The van der Waals surface area contributed by atoms with Gasteiger partial charge in [0.05, 0.1) is 31.7 Å². The molecule has 4 aromatic rings. The van der Waals surface area contributed by atoms with Crippen molar-refractivity contribution in [1.82, 2.24) is 14.0 Å². The number of methoxy groups -OCH3 is 1. The molecule has 0 bridgehead atoms. The summed E-state index contributed by atoms with van der Waals surface area (Å²) in [5, 5.41) is 9.89. The van der Waals surface area contributed by atoms with E-state index in [1.54, 1.807) is 7.11 Å². The van der Waals surface area contributed by atoms with E-state index in [1.165, 1.54) is 22.0 Å². The number of hydrogen-bond donors (Lipinski definition) is 1. The van der Waals surface area contributed by atoms with Crippen LogP contribution in [-0.4, -0.2) is 58.8 Å². The van der Waals surface area contributed by atoms with E-state index < -0.39 is 36.0 Å². The summed E-state index contributed by atoms with van der Waals surface area (Å²) >= 11 is 1.20. The van der Waals surface area contributed by atoms with Crippen LogP contribution in [0.5, 0.6) is 0 Å². The zero-order valence-electron chi connectivity index (χ0n) is 23.3. The maximum atomic E-state index is 14.7. The third-order valence-corrected chi connectivity index (χ3v) is 8.28. The molecule has 4 rings (SSSR count). The van der Waals surface area contributed by atoms with Crippen molar-refractivity contribution in [2.45, 2.75) is 39.4 Å². The number of fused-ring (bicyclic) bond motifs is 1. The Bertz CT molecular complexity index is 1640. The van der Waals surface area contributed by atoms with Gasteiger partial charge < -0.3 is 9.84 Å². The Balaban J connectivity index is 1.98. The average molecular weight is 586 g/mol. The average Bonchev–Trinajstić information content (AvgIpc) is 3.32. The zero-order valence-corrected chi connectivity index (χ0v) is 24.1. The quantitative estimate of drug-likeness (QED) is 0.257. The van der Waals surface area contributed by atoms with Gasteiger partial charge in [0.2, 0.25) is 0 Å². The molecule has 0 saturated carbocycles. The van der Waals surface area contributed by atoms with E-state index in [-0.39, 0.29) is 28.1 Å². The molecule has 0 aliphatic heterocycles. The lowest BCUT2D eigenvalue weighted by molar-refractivity contribution is -0.118. The number of likely N-dealkylation sites (N-methyl/N-ethyl adjacent to an activating group) is 1. The van der Waals surface area contributed by atoms with Gasteiger partial charge in [-0.05, 0) is 35.9 Å². The number of nitrogens with zero attached hydrogens (tertiary/aromatic N) is 3. The first-order valence-electron chi connectivity index (χ1n) is 13.3. The van der Waals surface area contributed by atoms with Crippen LogP contribution in [-0.2, 0) is 35.6 Å². The fraction of sp³-hybridized carbons (Fsp3) is 0.367. The number of halogens is 2. The molecule has 2 aromatic heterocycles. The van der Waals surface area contributed by atoms with Crippen LogP contribution in [0.4, 0.5) is 8.78 Å². The lowest BCUT2D eigenvalue weighted by atomic mass is 10.0. The lowest BCUT2D eigenvalue weighted by Crippen LogP contribution is -2.41. The van der Waals surface area contributed by atoms with Crippen molar-refractivity contribution in [3.8, 4) is 10.4 Å². The second kappa shape index (κ2) is 13.4. The number of rotatable bonds is 13. The molecule has 0 radical (unpaired) electrons. The Morgan fingerprint density at radius 2 is 1.73 bits per heavy atom. The highest BCUT2D eigenvalue weighted by atomic mass is 32.1. The monoisotopic (exact) mass is 585 g/mol. The van der Waals surface area contributed by atoms with Crippen molar-refractivity contribution in [3.63, 3.8) is 0 Å². The summed E-state index contributed by atoms with van der Waals surface area (Å²) in [6, 6.07) is 10.9. The number of aliphatic hydroxyl groups excluding tert-OH is 1. The Kier molecular flexibility index (Phi) is 9.98. The maximum Gasteiger partial charge on any atom is 0.332 e. The lowest BCUT2D eigenvalue weighted by Gasteiger charge is -2.17. The molecule has 0 atom stereocenters. The summed E-state index contributed by atoms with van der Waals surface area (Å²) < 4.78 is 36.7. The summed E-state index contributed by atoms with van der Waals surface area (Å²) in [4.78, 5) is 42.2. The van der Waals surface area contributed by atoms with Crippen molar-refractivity contribution in [2.75, 3.05) is 33.9 Å². The molecular weight excluding hydrogens is 552 g/mol. The molecule has 2 aromatic carbocycles. The third-order valence-electron chi connectivity index (χ3n) is 6.97. The molecule has 41 heavy (non-hydrogen) atoms. The predicted octanol–water partition coefficient (Wildman–Crippen LogP) is 3.81. The molecule has 0 aliphatic rings. The number of ether oxygens (including phenoxy) is 1. The van der Waals surface area contributed by atoms with Crippen LogP contribution in [0.1, 0.15) is 30.0 Å². The van der Waals surface area contributed by atoms with Gasteiger partial charge in [-0.1, -0.05) is 37.3 Å². The third kappa shape index (κ3) is 6.54. The first-order chi connectivity index (χ1) is 19.7. The second-order valence-corrected chi connectivity index (χ2v) is 10.8. The molecular formula is C30H33F2N3O5S. The van der Waals surface area contributed by atoms with E-state index in [0.29, 0.717) is 38.1 Å². The molecule has 0 fully saturated rings. The van der Waals surface area contributed by atoms with Crippen LogP contribution in [0.2, 0.25) is 0 Å². The molecule has 1 N–H and O–H groups in total. The molecule has 0 amide bonds. The minimum atomic E-state index is -0.807. The summed E-state index contributed by atoms with van der Waals surface area (Å²) in [5.41, 5.74) is 0.645. The van der Waals surface area contributed by atoms with E-state index >= 15 is 0 Å². The second-order valence-electron chi connectivity index (χ2n) is 9.84. The Labute approximate surface area is 240 Å². The first kappa shape index (κ1) is 30.4. The van der Waals surface area contributed by atoms with E-state index in [2.05, 4.69) is 0 Å². The number of thiophene rings is 1. The number of aliphatic hydroxyl groups is 1. The van der Waals surface area contributed by atoms with Gasteiger partial charge in [0.1, 0.15) is 22.2 Å². The first-order valence-corrected chi connectivity index (χ1v) is 14.1. The largest absolute Gasteiger partial charge is 0.395 e. The minimum Gasteiger partial charge on any atom is -0.395 e. The van der Waals surface area contributed by atoms with Gasteiger partial charge >= 0.3 is 5.69 Å². The predicted molar refractivity (Wildman–Crippen MR) is 156 cm³/mol. The van der Waals surface area contributed by atoms with Crippen LogP contribution < -0.4 is 11.2 Å². The Morgan fingerprint density at radius 3 is 2.34 bits per heavy atom. The van der Waals surface area contributed by atoms with Crippen molar-refractivity contribution >= 4 is 27.3 Å². The fourth-order valence-corrected chi connectivity index (χ4v) is 6.00. The van der Waals surface area contributed by atoms with E-state index in [0.717, 1.165) is 32.7 Å². The van der Waals surface area contributed by atoms with Gasteiger partial charge in [-0.25, -0.2) is 13.6 Å². The molecule has 11 heteroatoms. The van der Waals surface area contributed by atoms with Crippen molar-refractivity contribution < 1.29 is 23.4 Å². The van der Waals surface area contributed by atoms with Crippen molar-refractivity contribution in [2.24, 2.45) is 0 Å². The van der Waals surface area contributed by atoms with Gasteiger partial charge in [0.15, 0.2) is 0 Å². The van der Waals surface area contributed by atoms with Crippen LogP contribution in [0.3, 0.4) is 0 Å². The minimum absolute atomic E-state index is 0.119. The highest BCUT2D eigenvalue weighted by molar-refractivity contribution is 7.22. The molecule has 0 spiro atoms. The zero-order chi connectivity index (χ0) is 29.7. The molecule has 0 aliphatic carbocycles. The molecule has 0 saturated heterocycles. The number of benzene rings is 2. The number of hydrogen-bond acceptors (Lipinski definition) is 7. The number of Topliss-reactive ketones (excluding diaryl/α,β-unsaturated/α-hetero) is 1. The Morgan fingerprint density at radius 1 is 1.05 bits per heavy atom. The molecule has 8 nitrogen and oxygen atoms in total. The topological polar surface area (TPSA) is 93.8 Å². The molecule has 0 unspecified atom stereocenters. The number of aromatic nitrogens is 2. The fourth-order valence-electron chi connectivity index (χ4n) is 4.70.